The summed E-state index contributed by atoms with van der Waals surface area (Å²) in [5.74, 6) is 0. The van der Waals surface area contributed by atoms with Crippen LogP contribution in [0.2, 0.25) is 0 Å². The molecule has 0 aliphatic carbocycles. The van der Waals surface area contributed by atoms with Crippen molar-refractivity contribution >= 4 is 11.4 Å². The molecule has 0 spiro atoms. The van der Waals surface area contributed by atoms with Gasteiger partial charge in [-0.25, -0.2) is 4.70 Å². The Morgan fingerprint density at radius 3 is 1.97 bits per heavy atom. The van der Waals surface area contributed by atoms with E-state index in [1.54, 1.807) is 0 Å². The molecule has 0 aromatic heterocycles. The normalized spacial score (nSPS) is 13.6. The SMILES string of the molecule is CCCCCCCCc1cccc(C2=CC(CCCC)=C(c3ccc(CCCCC)cc3)[N+]2=[N-])c1. The van der Waals surface area contributed by atoms with E-state index in [1.165, 1.54) is 79.2 Å². The molecule has 0 saturated heterocycles. The van der Waals surface area contributed by atoms with Crippen molar-refractivity contribution < 1.29 is 4.70 Å². The number of allylic oxidation sites excluding steroid dienone is 2. The Labute approximate surface area is 214 Å². The Morgan fingerprint density at radius 2 is 1.23 bits per heavy atom. The average molecular weight is 471 g/mol. The lowest BCUT2D eigenvalue weighted by atomic mass is 10.00. The standard InChI is InChI=1S/C33H46N2/c1-4-7-10-11-12-14-17-28-18-15-20-30(25-28)32-26-31(19-9-6-3)33(35(32)34)29-23-21-27(22-24-29)16-13-8-5-2/h15,18,20-26H,4-14,16-17,19H2,1-3H3. The Balaban J connectivity index is 1.73. The Morgan fingerprint density at radius 1 is 0.600 bits per heavy atom. The zero-order valence-electron chi connectivity index (χ0n) is 22.5. The number of rotatable bonds is 16. The zero-order valence-corrected chi connectivity index (χ0v) is 22.5. The fraction of sp³-hybridized carbons (Fsp3) is 0.515. The van der Waals surface area contributed by atoms with E-state index in [2.05, 4.69) is 75.4 Å². The molecule has 1 heterocycles. The molecule has 1 aliphatic rings. The van der Waals surface area contributed by atoms with Crippen LogP contribution in [-0.2, 0) is 12.8 Å². The molecule has 0 atom stereocenters. The van der Waals surface area contributed by atoms with Crippen LogP contribution in [-0.4, -0.2) is 4.70 Å². The van der Waals surface area contributed by atoms with Gasteiger partial charge in [0, 0.05) is 22.8 Å². The van der Waals surface area contributed by atoms with Crippen LogP contribution in [0, 0.1) is 0 Å². The van der Waals surface area contributed by atoms with Gasteiger partial charge in [0.2, 0.25) is 11.4 Å². The number of benzene rings is 2. The summed E-state index contributed by atoms with van der Waals surface area (Å²) < 4.78 is 1.45. The summed E-state index contributed by atoms with van der Waals surface area (Å²) >= 11 is 0. The second-order valence-corrected chi connectivity index (χ2v) is 10.2. The van der Waals surface area contributed by atoms with Crippen molar-refractivity contribution in [3.8, 4) is 0 Å². The molecule has 0 N–H and O–H groups in total. The van der Waals surface area contributed by atoms with Crippen LogP contribution in [0.25, 0.3) is 16.9 Å². The molecular formula is C33H46N2. The molecule has 3 rings (SSSR count). The molecule has 2 heteroatoms. The fourth-order valence-corrected chi connectivity index (χ4v) is 5.03. The first-order chi connectivity index (χ1) is 17.2. The van der Waals surface area contributed by atoms with Crippen molar-refractivity contribution in [1.29, 1.82) is 0 Å². The van der Waals surface area contributed by atoms with Crippen LogP contribution in [0.4, 0.5) is 0 Å². The molecule has 188 valence electrons. The predicted octanol–water partition coefficient (Wildman–Crippen LogP) is 10.3. The van der Waals surface area contributed by atoms with E-state index < -0.39 is 0 Å². The maximum atomic E-state index is 11.4. The van der Waals surface area contributed by atoms with Crippen molar-refractivity contribution in [3.05, 3.63) is 88.0 Å². The third kappa shape index (κ3) is 8.02. The summed E-state index contributed by atoms with van der Waals surface area (Å²) in [5.41, 5.74) is 19.4. The topological polar surface area (TPSA) is 25.3 Å². The minimum Gasteiger partial charge on any atom is -0.493 e. The monoisotopic (exact) mass is 470 g/mol. The van der Waals surface area contributed by atoms with Gasteiger partial charge in [-0.2, -0.15) is 0 Å². The van der Waals surface area contributed by atoms with E-state index in [0.717, 1.165) is 54.6 Å². The third-order valence-corrected chi connectivity index (χ3v) is 7.19. The first-order valence-corrected chi connectivity index (χ1v) is 14.3. The lowest BCUT2D eigenvalue weighted by Gasteiger charge is -2.11. The van der Waals surface area contributed by atoms with Gasteiger partial charge in [0.1, 0.15) is 0 Å². The van der Waals surface area contributed by atoms with Crippen LogP contribution in [0.1, 0.15) is 120 Å². The van der Waals surface area contributed by atoms with Gasteiger partial charge < -0.3 is 5.53 Å². The first kappa shape index (κ1) is 27.1. The lowest BCUT2D eigenvalue weighted by Crippen LogP contribution is -2.03. The molecule has 2 nitrogen and oxygen atoms in total. The van der Waals surface area contributed by atoms with Crippen LogP contribution >= 0.6 is 0 Å². The molecule has 0 fully saturated rings. The van der Waals surface area contributed by atoms with Gasteiger partial charge in [0.15, 0.2) is 0 Å². The van der Waals surface area contributed by atoms with E-state index in [4.69, 9.17) is 0 Å². The summed E-state index contributed by atoms with van der Waals surface area (Å²) in [6.07, 6.45) is 19.4. The Kier molecular flexibility index (Phi) is 11.5. The number of hydrogen-bond acceptors (Lipinski definition) is 0. The van der Waals surface area contributed by atoms with Crippen molar-refractivity contribution in [3.63, 3.8) is 0 Å². The molecule has 2 aromatic rings. The van der Waals surface area contributed by atoms with Gasteiger partial charge in [0.25, 0.3) is 0 Å². The van der Waals surface area contributed by atoms with Crippen molar-refractivity contribution in [2.45, 2.75) is 111 Å². The molecule has 0 bridgehead atoms. The average Bonchev–Trinajstić information content (AvgIpc) is 3.21. The van der Waals surface area contributed by atoms with E-state index in [-0.39, 0.29) is 0 Å². The molecule has 1 aliphatic heterocycles. The van der Waals surface area contributed by atoms with Crippen molar-refractivity contribution in [2.24, 2.45) is 0 Å². The highest BCUT2D eigenvalue weighted by molar-refractivity contribution is 5.78. The molecule has 35 heavy (non-hydrogen) atoms. The van der Waals surface area contributed by atoms with E-state index in [9.17, 15) is 5.53 Å². The van der Waals surface area contributed by atoms with Crippen LogP contribution < -0.4 is 0 Å². The summed E-state index contributed by atoms with van der Waals surface area (Å²) in [7, 11) is 0. The molecule has 0 radical (unpaired) electrons. The lowest BCUT2D eigenvalue weighted by molar-refractivity contribution is -0.344. The number of aryl methyl sites for hydroxylation is 2. The van der Waals surface area contributed by atoms with Crippen LogP contribution in [0.15, 0.2) is 60.2 Å². The quantitative estimate of drug-likeness (QED) is 0.172. The summed E-state index contributed by atoms with van der Waals surface area (Å²) in [4.78, 5) is 0. The molecule has 0 saturated carbocycles. The second-order valence-electron chi connectivity index (χ2n) is 10.2. The van der Waals surface area contributed by atoms with Crippen molar-refractivity contribution in [2.75, 3.05) is 0 Å². The minimum absolute atomic E-state index is 0.905. The summed E-state index contributed by atoms with van der Waals surface area (Å²) in [6, 6.07) is 17.6. The van der Waals surface area contributed by atoms with Crippen LogP contribution in [0.5, 0.6) is 0 Å². The summed E-state index contributed by atoms with van der Waals surface area (Å²) in [6.45, 7) is 6.75. The van der Waals surface area contributed by atoms with Crippen LogP contribution in [0.3, 0.4) is 0 Å². The minimum atomic E-state index is 0.905. The highest BCUT2D eigenvalue weighted by atomic mass is 15.2. The molecular weight excluding hydrogens is 424 g/mol. The first-order valence-electron chi connectivity index (χ1n) is 14.3. The zero-order chi connectivity index (χ0) is 24.9. The van der Waals surface area contributed by atoms with E-state index in [0.29, 0.717) is 0 Å². The van der Waals surface area contributed by atoms with E-state index >= 15 is 0 Å². The maximum absolute atomic E-state index is 11.4. The highest BCUT2D eigenvalue weighted by Gasteiger charge is 2.28. The van der Waals surface area contributed by atoms with Gasteiger partial charge in [-0.3, -0.25) is 0 Å². The number of unbranched alkanes of at least 4 members (excludes halogenated alkanes) is 8. The van der Waals surface area contributed by atoms with Crippen molar-refractivity contribution in [1.82, 2.24) is 0 Å². The highest BCUT2D eigenvalue weighted by Crippen LogP contribution is 2.37. The summed E-state index contributed by atoms with van der Waals surface area (Å²) in [5, 5.41) is 0. The Bertz CT molecular complexity index is 994. The molecule has 0 amide bonds. The number of hydrogen-bond donors (Lipinski definition) is 0. The largest absolute Gasteiger partial charge is 0.493 e. The van der Waals surface area contributed by atoms with Gasteiger partial charge >= 0.3 is 0 Å². The van der Waals surface area contributed by atoms with Gasteiger partial charge in [0.05, 0.1) is 0 Å². The molecule has 2 aromatic carbocycles. The Hall–Kier alpha value is -2.48. The van der Waals surface area contributed by atoms with Gasteiger partial charge in [-0.05, 0) is 73.9 Å². The fourth-order valence-electron chi connectivity index (χ4n) is 5.03. The second kappa shape index (κ2) is 14.8. The maximum Gasteiger partial charge on any atom is 0.210 e. The smallest absolute Gasteiger partial charge is 0.210 e. The van der Waals surface area contributed by atoms with Gasteiger partial charge in [-0.15, -0.1) is 0 Å². The van der Waals surface area contributed by atoms with Gasteiger partial charge in [-0.1, -0.05) is 96.4 Å². The predicted molar refractivity (Wildman–Crippen MR) is 151 cm³/mol. The molecule has 0 unspecified atom stereocenters. The van der Waals surface area contributed by atoms with E-state index in [1.807, 2.05) is 0 Å². The number of nitrogens with zero attached hydrogens (tertiary/aromatic N) is 2. The third-order valence-electron chi connectivity index (χ3n) is 7.19.